The van der Waals surface area contributed by atoms with Crippen molar-refractivity contribution in [3.8, 4) is 17.1 Å². The zero-order chi connectivity index (χ0) is 19.1. The van der Waals surface area contributed by atoms with Gasteiger partial charge in [0.25, 0.3) is 5.91 Å². The molecule has 0 aliphatic carbocycles. The van der Waals surface area contributed by atoms with Gasteiger partial charge in [0.2, 0.25) is 11.8 Å². The van der Waals surface area contributed by atoms with Gasteiger partial charge in [0.05, 0.1) is 41.1 Å². The van der Waals surface area contributed by atoms with Crippen LogP contribution in [0.4, 0.5) is 10.3 Å². The summed E-state index contributed by atoms with van der Waals surface area (Å²) >= 11 is 0. The SMILES string of the molecule is Cc1nc(N)nc2c1C(=O)N[C@@H](c1ccc(F)cc1-c1cncc(O)n1)C2. The fraction of sp³-hybridized carbons (Fsp3) is 0.167. The van der Waals surface area contributed by atoms with Gasteiger partial charge < -0.3 is 16.2 Å². The minimum absolute atomic E-state index is 0.0953. The molecule has 8 nitrogen and oxygen atoms in total. The molecule has 0 bridgehead atoms. The molecule has 0 saturated heterocycles. The van der Waals surface area contributed by atoms with E-state index in [1.165, 1.54) is 24.5 Å². The molecule has 9 heteroatoms. The topological polar surface area (TPSA) is 127 Å². The van der Waals surface area contributed by atoms with Gasteiger partial charge in [-0.15, -0.1) is 0 Å². The van der Waals surface area contributed by atoms with Gasteiger partial charge in [-0.05, 0) is 24.6 Å². The number of nitrogens with zero attached hydrogens (tertiary/aromatic N) is 4. The zero-order valence-corrected chi connectivity index (χ0v) is 14.3. The van der Waals surface area contributed by atoms with Gasteiger partial charge in [0.15, 0.2) is 0 Å². The van der Waals surface area contributed by atoms with Crippen LogP contribution in [-0.4, -0.2) is 30.9 Å². The lowest BCUT2D eigenvalue weighted by Gasteiger charge is -2.27. The highest BCUT2D eigenvalue weighted by Gasteiger charge is 2.30. The van der Waals surface area contributed by atoms with E-state index in [0.717, 1.165) is 0 Å². The van der Waals surface area contributed by atoms with Crippen LogP contribution < -0.4 is 11.1 Å². The smallest absolute Gasteiger partial charge is 0.255 e. The number of nitrogens with one attached hydrogen (secondary N) is 1. The van der Waals surface area contributed by atoms with Crippen molar-refractivity contribution in [3.63, 3.8) is 0 Å². The maximum absolute atomic E-state index is 13.9. The van der Waals surface area contributed by atoms with Crippen molar-refractivity contribution in [2.75, 3.05) is 5.73 Å². The van der Waals surface area contributed by atoms with Crippen LogP contribution in [-0.2, 0) is 6.42 Å². The van der Waals surface area contributed by atoms with Crippen molar-refractivity contribution < 1.29 is 14.3 Å². The third-order valence-electron chi connectivity index (χ3n) is 4.40. The predicted molar refractivity (Wildman–Crippen MR) is 94.2 cm³/mol. The maximum Gasteiger partial charge on any atom is 0.255 e. The molecular formula is C18H15FN6O2. The van der Waals surface area contributed by atoms with Crippen molar-refractivity contribution >= 4 is 11.9 Å². The molecule has 2 aromatic heterocycles. The largest absolute Gasteiger partial charge is 0.492 e. The molecule has 1 aliphatic heterocycles. The molecule has 4 rings (SSSR count). The molecule has 0 fully saturated rings. The van der Waals surface area contributed by atoms with E-state index < -0.39 is 11.9 Å². The number of aromatic nitrogens is 4. The average Bonchev–Trinajstić information content (AvgIpc) is 2.60. The van der Waals surface area contributed by atoms with Gasteiger partial charge in [-0.2, -0.15) is 0 Å². The van der Waals surface area contributed by atoms with Crippen LogP contribution in [0.15, 0.2) is 30.6 Å². The van der Waals surface area contributed by atoms with Crippen LogP contribution in [0.25, 0.3) is 11.3 Å². The van der Waals surface area contributed by atoms with E-state index in [-0.39, 0.29) is 17.7 Å². The Hall–Kier alpha value is -3.62. The van der Waals surface area contributed by atoms with Crippen LogP contribution in [0.1, 0.15) is 33.4 Å². The Morgan fingerprint density at radius 2 is 2.07 bits per heavy atom. The van der Waals surface area contributed by atoms with Gasteiger partial charge in [0.1, 0.15) is 5.82 Å². The summed E-state index contributed by atoms with van der Waals surface area (Å²) in [5, 5.41) is 12.5. The van der Waals surface area contributed by atoms with Crippen LogP contribution in [0, 0.1) is 12.7 Å². The fourth-order valence-electron chi connectivity index (χ4n) is 3.30. The number of hydrogen-bond acceptors (Lipinski definition) is 7. The molecule has 3 aromatic rings. The molecule has 0 radical (unpaired) electrons. The number of hydrogen-bond donors (Lipinski definition) is 3. The fourth-order valence-corrected chi connectivity index (χ4v) is 3.30. The van der Waals surface area contributed by atoms with Crippen molar-refractivity contribution in [1.29, 1.82) is 0 Å². The van der Waals surface area contributed by atoms with Crippen LogP contribution in [0.3, 0.4) is 0 Å². The zero-order valence-electron chi connectivity index (χ0n) is 14.3. The number of aryl methyl sites for hydroxylation is 1. The molecule has 0 spiro atoms. The number of amides is 1. The lowest BCUT2D eigenvalue weighted by molar-refractivity contribution is 0.0922. The number of aromatic hydroxyl groups is 1. The first-order valence-corrected chi connectivity index (χ1v) is 8.17. The van der Waals surface area contributed by atoms with Crippen LogP contribution >= 0.6 is 0 Å². The molecule has 1 aromatic carbocycles. The number of rotatable bonds is 2. The Kier molecular flexibility index (Phi) is 3.91. The summed E-state index contributed by atoms with van der Waals surface area (Å²) in [4.78, 5) is 28.7. The highest BCUT2D eigenvalue weighted by molar-refractivity contribution is 5.98. The Balaban J connectivity index is 1.82. The van der Waals surface area contributed by atoms with E-state index in [9.17, 15) is 14.3 Å². The number of carbonyl (C=O) groups is 1. The van der Waals surface area contributed by atoms with Gasteiger partial charge in [-0.3, -0.25) is 9.78 Å². The number of benzene rings is 1. The van der Waals surface area contributed by atoms with E-state index >= 15 is 0 Å². The summed E-state index contributed by atoms with van der Waals surface area (Å²) < 4.78 is 13.9. The lowest BCUT2D eigenvalue weighted by atomic mass is 9.90. The quantitative estimate of drug-likeness (QED) is 0.630. The first-order chi connectivity index (χ1) is 12.9. The minimum atomic E-state index is -0.474. The number of fused-ring (bicyclic) bond motifs is 1. The number of nitrogen functional groups attached to an aromatic ring is 1. The van der Waals surface area contributed by atoms with E-state index in [1.54, 1.807) is 13.0 Å². The Bertz CT molecular complexity index is 1070. The first-order valence-electron chi connectivity index (χ1n) is 8.17. The standard InChI is InChI=1S/C18H15FN6O2/c1-8-16-13(25-18(20)22-8)5-12(24-17(16)27)10-3-2-9(19)4-11(10)14-6-21-7-15(26)23-14/h2-4,6-7,12H,5H2,1H3,(H,23,26)(H,24,27)(H2,20,22,25)/t12-/m1/s1. The summed E-state index contributed by atoms with van der Waals surface area (Å²) in [6, 6.07) is 3.69. The summed E-state index contributed by atoms with van der Waals surface area (Å²) in [7, 11) is 0. The van der Waals surface area contributed by atoms with Gasteiger partial charge in [-0.25, -0.2) is 19.3 Å². The number of carbonyl (C=O) groups excluding carboxylic acids is 1. The highest BCUT2D eigenvalue weighted by atomic mass is 19.1. The molecular weight excluding hydrogens is 351 g/mol. The second kappa shape index (κ2) is 6.27. The summed E-state index contributed by atoms with van der Waals surface area (Å²) in [6.45, 7) is 1.70. The highest BCUT2D eigenvalue weighted by Crippen LogP contribution is 2.33. The van der Waals surface area contributed by atoms with Crippen molar-refractivity contribution in [2.24, 2.45) is 0 Å². The van der Waals surface area contributed by atoms with E-state index in [2.05, 4.69) is 25.3 Å². The van der Waals surface area contributed by atoms with E-state index in [1.807, 2.05) is 0 Å². The molecule has 136 valence electrons. The average molecular weight is 366 g/mol. The summed E-state index contributed by atoms with van der Waals surface area (Å²) in [6.07, 6.45) is 2.96. The first kappa shape index (κ1) is 16.8. The van der Waals surface area contributed by atoms with Crippen LogP contribution in [0.5, 0.6) is 5.88 Å². The second-order valence-corrected chi connectivity index (χ2v) is 6.21. The van der Waals surface area contributed by atoms with Gasteiger partial charge in [0, 0.05) is 12.0 Å². The molecule has 1 atom stereocenters. The molecule has 4 N–H and O–H groups in total. The van der Waals surface area contributed by atoms with Gasteiger partial charge >= 0.3 is 0 Å². The second-order valence-electron chi connectivity index (χ2n) is 6.21. The minimum Gasteiger partial charge on any atom is -0.492 e. The third kappa shape index (κ3) is 3.03. The normalized spacial score (nSPS) is 15.9. The number of nitrogens with two attached hydrogens (primary N) is 1. The van der Waals surface area contributed by atoms with E-state index in [0.29, 0.717) is 40.2 Å². The molecule has 1 amide bonds. The third-order valence-corrected chi connectivity index (χ3v) is 4.40. The van der Waals surface area contributed by atoms with Crippen molar-refractivity contribution in [2.45, 2.75) is 19.4 Å². The summed E-state index contributed by atoms with van der Waals surface area (Å²) in [5.74, 6) is -0.977. The maximum atomic E-state index is 13.9. The Labute approximate surface area is 153 Å². The number of anilines is 1. The van der Waals surface area contributed by atoms with Crippen molar-refractivity contribution in [1.82, 2.24) is 25.3 Å². The predicted octanol–water partition coefficient (Wildman–Crippen LogP) is 1.70. The Morgan fingerprint density at radius 3 is 2.85 bits per heavy atom. The van der Waals surface area contributed by atoms with Crippen molar-refractivity contribution in [3.05, 3.63) is 58.9 Å². The lowest BCUT2D eigenvalue weighted by Crippen LogP contribution is -2.37. The molecule has 3 heterocycles. The Morgan fingerprint density at radius 1 is 1.26 bits per heavy atom. The summed E-state index contributed by atoms with van der Waals surface area (Å²) in [5.41, 5.74) is 8.51. The monoisotopic (exact) mass is 366 g/mol. The molecule has 0 saturated carbocycles. The number of halogens is 1. The molecule has 0 unspecified atom stereocenters. The van der Waals surface area contributed by atoms with Gasteiger partial charge in [-0.1, -0.05) is 6.07 Å². The van der Waals surface area contributed by atoms with E-state index in [4.69, 9.17) is 5.73 Å². The molecule has 27 heavy (non-hydrogen) atoms. The molecule has 1 aliphatic rings. The van der Waals surface area contributed by atoms with Crippen LogP contribution in [0.2, 0.25) is 0 Å².